The zero-order valence-corrected chi connectivity index (χ0v) is 22.8. The normalized spacial score (nSPS) is 15.8. The highest BCUT2D eigenvalue weighted by Gasteiger charge is 2.41. The Hall–Kier alpha value is -1.63. The van der Waals surface area contributed by atoms with E-state index >= 15 is 0 Å². The third kappa shape index (κ3) is 8.72. The van der Waals surface area contributed by atoms with Gasteiger partial charge in [0.15, 0.2) is 8.32 Å². The quantitative estimate of drug-likeness (QED) is 0.204. The lowest BCUT2D eigenvalue weighted by Crippen LogP contribution is -2.47. The molecule has 1 aromatic carbocycles. The van der Waals surface area contributed by atoms with Crippen LogP contribution >= 0.6 is 0 Å². The summed E-state index contributed by atoms with van der Waals surface area (Å²) in [6.45, 7) is 20.6. The Morgan fingerprint density at radius 3 is 2.22 bits per heavy atom. The van der Waals surface area contributed by atoms with Crippen LogP contribution in [0.25, 0.3) is 0 Å². The van der Waals surface area contributed by atoms with Crippen molar-refractivity contribution in [2.45, 2.75) is 79.3 Å². The molecule has 0 aliphatic rings. The van der Waals surface area contributed by atoms with E-state index in [-0.39, 0.29) is 28.9 Å². The van der Waals surface area contributed by atoms with Crippen molar-refractivity contribution < 1.29 is 23.4 Å². The van der Waals surface area contributed by atoms with Crippen LogP contribution in [0.4, 0.5) is 0 Å². The Balaban J connectivity index is 2.94. The number of esters is 1. The van der Waals surface area contributed by atoms with E-state index in [1.54, 1.807) is 7.11 Å². The number of carbonyl (C=O) groups excluding carboxylic acids is 1. The van der Waals surface area contributed by atoms with Crippen LogP contribution in [0.1, 0.15) is 54.0 Å². The van der Waals surface area contributed by atoms with Crippen LogP contribution < -0.4 is 4.74 Å². The van der Waals surface area contributed by atoms with E-state index in [1.807, 2.05) is 44.2 Å². The second kappa shape index (κ2) is 12.6. The summed E-state index contributed by atoms with van der Waals surface area (Å²) in [4.78, 5) is 12.1. The fraction of sp³-hybridized carbons (Fsp3) is 0.654. The molecule has 0 aliphatic carbocycles. The average molecular weight is 465 g/mol. The van der Waals surface area contributed by atoms with Gasteiger partial charge in [0.1, 0.15) is 5.75 Å². The molecule has 0 N–H and O–H groups in total. The molecular formula is C26H44O5Si. The fourth-order valence-electron chi connectivity index (χ4n) is 3.24. The van der Waals surface area contributed by atoms with Crippen molar-refractivity contribution in [2.24, 2.45) is 11.8 Å². The Morgan fingerprint density at radius 1 is 1.12 bits per heavy atom. The zero-order valence-electron chi connectivity index (χ0n) is 21.8. The van der Waals surface area contributed by atoms with E-state index in [9.17, 15) is 4.79 Å². The lowest BCUT2D eigenvalue weighted by atomic mass is 9.92. The van der Waals surface area contributed by atoms with Crippen LogP contribution in [-0.2, 0) is 25.3 Å². The fourth-order valence-corrected chi connectivity index (χ4v) is 4.72. The van der Waals surface area contributed by atoms with Gasteiger partial charge >= 0.3 is 5.97 Å². The van der Waals surface area contributed by atoms with Crippen LogP contribution in [0.2, 0.25) is 18.1 Å². The summed E-state index contributed by atoms with van der Waals surface area (Å²) >= 11 is 0. The SMILES string of the molecule is CCOC(=O)/C(C)=C\[C@H](C)[C@@H](O[Si](C)(C)C(C)(C)C)[C@@H](C)COCc1ccc(OC)cc1. The third-order valence-electron chi connectivity index (χ3n) is 6.23. The minimum atomic E-state index is -2.02. The molecule has 6 heteroatoms. The Labute approximate surface area is 196 Å². The standard InChI is InChI=1S/C26H44O5Si/c1-11-30-25(27)20(3)16-19(2)24(31-32(9,10)26(5,6)7)21(4)17-29-18-22-12-14-23(28-8)15-13-22/h12-16,19,21,24H,11,17-18H2,1-10H3/b20-16-/t19-,21-,24+/m0/s1. The molecule has 0 saturated heterocycles. The van der Waals surface area contributed by atoms with Gasteiger partial charge in [-0.15, -0.1) is 0 Å². The molecule has 0 spiro atoms. The van der Waals surface area contributed by atoms with Crippen molar-refractivity contribution in [3.63, 3.8) is 0 Å². The van der Waals surface area contributed by atoms with Crippen molar-refractivity contribution in [3.05, 3.63) is 41.5 Å². The first-order chi connectivity index (χ1) is 14.8. The van der Waals surface area contributed by atoms with Gasteiger partial charge in [-0.05, 0) is 49.7 Å². The molecule has 3 atom stereocenters. The average Bonchev–Trinajstić information content (AvgIpc) is 2.71. The summed E-state index contributed by atoms with van der Waals surface area (Å²) in [5.74, 6) is 0.771. The number of rotatable bonds is 12. The molecular weight excluding hydrogens is 420 g/mol. The smallest absolute Gasteiger partial charge is 0.333 e. The van der Waals surface area contributed by atoms with E-state index in [2.05, 4.69) is 47.7 Å². The minimum absolute atomic E-state index is 0.0492. The van der Waals surface area contributed by atoms with Crippen molar-refractivity contribution in [3.8, 4) is 5.75 Å². The molecule has 0 bridgehead atoms. The largest absolute Gasteiger partial charge is 0.497 e. The molecule has 1 aromatic rings. The number of carbonyl (C=O) groups is 1. The second-order valence-electron chi connectivity index (χ2n) is 10.1. The summed E-state index contributed by atoms with van der Waals surface area (Å²) in [6, 6.07) is 7.91. The molecule has 0 unspecified atom stereocenters. The highest BCUT2D eigenvalue weighted by Crippen LogP contribution is 2.39. The predicted octanol–water partition coefficient (Wildman–Crippen LogP) is 6.38. The van der Waals surface area contributed by atoms with Gasteiger partial charge in [-0.3, -0.25) is 0 Å². The Morgan fingerprint density at radius 2 is 1.72 bits per heavy atom. The molecule has 0 amide bonds. The van der Waals surface area contributed by atoms with Crippen molar-refractivity contribution in [1.29, 1.82) is 0 Å². The highest BCUT2D eigenvalue weighted by molar-refractivity contribution is 6.74. The summed E-state index contributed by atoms with van der Waals surface area (Å²) < 4.78 is 23.3. The molecule has 0 fully saturated rings. The molecule has 5 nitrogen and oxygen atoms in total. The zero-order chi connectivity index (χ0) is 24.5. The topological polar surface area (TPSA) is 54.0 Å². The van der Waals surface area contributed by atoms with Crippen LogP contribution in [0.3, 0.4) is 0 Å². The predicted molar refractivity (Wildman–Crippen MR) is 133 cm³/mol. The van der Waals surface area contributed by atoms with E-state index in [4.69, 9.17) is 18.6 Å². The van der Waals surface area contributed by atoms with Crippen LogP contribution in [0.15, 0.2) is 35.9 Å². The monoisotopic (exact) mass is 464 g/mol. The number of methoxy groups -OCH3 is 1. The van der Waals surface area contributed by atoms with E-state index in [1.165, 1.54) is 0 Å². The first kappa shape index (κ1) is 28.4. The number of ether oxygens (including phenoxy) is 3. The lowest BCUT2D eigenvalue weighted by molar-refractivity contribution is -0.138. The van der Waals surface area contributed by atoms with Crippen molar-refractivity contribution in [2.75, 3.05) is 20.3 Å². The van der Waals surface area contributed by atoms with Gasteiger partial charge in [-0.1, -0.05) is 52.8 Å². The van der Waals surface area contributed by atoms with Gasteiger partial charge in [0.2, 0.25) is 0 Å². The molecule has 32 heavy (non-hydrogen) atoms. The highest BCUT2D eigenvalue weighted by atomic mass is 28.4. The van der Waals surface area contributed by atoms with Gasteiger partial charge < -0.3 is 18.6 Å². The number of benzene rings is 1. The van der Waals surface area contributed by atoms with Crippen LogP contribution in [-0.4, -0.2) is 40.7 Å². The minimum Gasteiger partial charge on any atom is -0.497 e. The van der Waals surface area contributed by atoms with Gasteiger partial charge in [0.05, 0.1) is 33.0 Å². The lowest BCUT2D eigenvalue weighted by Gasteiger charge is -2.42. The third-order valence-corrected chi connectivity index (χ3v) is 10.7. The van der Waals surface area contributed by atoms with E-state index in [0.717, 1.165) is 11.3 Å². The molecule has 1 rings (SSSR count). The van der Waals surface area contributed by atoms with Gasteiger partial charge in [0, 0.05) is 17.4 Å². The summed E-state index contributed by atoms with van der Waals surface area (Å²) in [7, 11) is -0.354. The summed E-state index contributed by atoms with van der Waals surface area (Å²) in [5, 5.41) is 0.0918. The van der Waals surface area contributed by atoms with Gasteiger partial charge in [-0.2, -0.15) is 0 Å². The van der Waals surface area contributed by atoms with Crippen molar-refractivity contribution in [1.82, 2.24) is 0 Å². The van der Waals surface area contributed by atoms with Gasteiger partial charge in [0.25, 0.3) is 0 Å². The maximum absolute atomic E-state index is 12.1. The van der Waals surface area contributed by atoms with Crippen LogP contribution in [0, 0.1) is 11.8 Å². The van der Waals surface area contributed by atoms with Crippen LogP contribution in [0.5, 0.6) is 5.75 Å². The first-order valence-corrected chi connectivity index (χ1v) is 14.5. The van der Waals surface area contributed by atoms with Gasteiger partial charge in [-0.25, -0.2) is 4.79 Å². The Kier molecular flexibility index (Phi) is 11.2. The number of hydrogen-bond acceptors (Lipinski definition) is 5. The van der Waals surface area contributed by atoms with E-state index < -0.39 is 8.32 Å². The van der Waals surface area contributed by atoms with E-state index in [0.29, 0.717) is 25.4 Å². The molecule has 0 heterocycles. The molecule has 0 aromatic heterocycles. The molecule has 0 radical (unpaired) electrons. The van der Waals surface area contributed by atoms with Crippen molar-refractivity contribution >= 4 is 14.3 Å². The summed E-state index contributed by atoms with van der Waals surface area (Å²) in [5.41, 5.74) is 1.72. The Bertz CT molecular complexity index is 734. The first-order valence-electron chi connectivity index (χ1n) is 11.6. The molecule has 0 saturated carbocycles. The number of hydrogen-bond donors (Lipinski definition) is 0. The molecule has 0 aliphatic heterocycles. The second-order valence-corrected chi connectivity index (χ2v) is 14.9. The maximum atomic E-state index is 12.1. The molecule has 182 valence electrons. The maximum Gasteiger partial charge on any atom is 0.333 e. The summed E-state index contributed by atoms with van der Waals surface area (Å²) in [6.07, 6.45) is 1.92.